The molecule has 2 rings (SSSR count). The van der Waals surface area contributed by atoms with Crippen LogP contribution in [0, 0.1) is 0 Å². The van der Waals surface area contributed by atoms with Crippen LogP contribution in [0.2, 0.25) is 5.15 Å². The molecule has 1 aliphatic rings. The van der Waals surface area contributed by atoms with Gasteiger partial charge in [0.2, 0.25) is 0 Å². The van der Waals surface area contributed by atoms with E-state index in [1.54, 1.807) is 0 Å². The Bertz CT molecular complexity index is 408. The minimum absolute atomic E-state index is 0.637. The fourth-order valence-corrected chi connectivity index (χ4v) is 4.14. The first-order chi connectivity index (χ1) is 9.72. The van der Waals surface area contributed by atoms with E-state index in [-0.39, 0.29) is 0 Å². The highest BCUT2D eigenvalue weighted by Crippen LogP contribution is 2.30. The SMILES string of the molecule is CCCCc1nc(Cl)c(CNC2CCC(SCC)C2)[nH]1. The Balaban J connectivity index is 1.78. The maximum absolute atomic E-state index is 6.20. The summed E-state index contributed by atoms with van der Waals surface area (Å²) in [6.45, 7) is 5.25. The second-order valence-corrected chi connectivity index (χ2v) is 7.46. The maximum Gasteiger partial charge on any atom is 0.151 e. The predicted molar refractivity (Wildman–Crippen MR) is 88.6 cm³/mol. The van der Waals surface area contributed by atoms with Crippen LogP contribution in [0.15, 0.2) is 0 Å². The van der Waals surface area contributed by atoms with Gasteiger partial charge < -0.3 is 10.3 Å². The lowest BCUT2D eigenvalue weighted by Gasteiger charge is -2.12. The molecule has 2 unspecified atom stereocenters. The molecule has 1 aromatic heterocycles. The Morgan fingerprint density at radius 1 is 1.40 bits per heavy atom. The summed E-state index contributed by atoms with van der Waals surface area (Å²) in [6, 6.07) is 0.637. The van der Waals surface area contributed by atoms with Gasteiger partial charge in [0.05, 0.1) is 5.69 Å². The molecule has 1 saturated carbocycles. The van der Waals surface area contributed by atoms with Crippen LogP contribution >= 0.6 is 23.4 Å². The van der Waals surface area contributed by atoms with Crippen molar-refractivity contribution in [2.45, 2.75) is 70.2 Å². The third kappa shape index (κ3) is 4.68. The summed E-state index contributed by atoms with van der Waals surface area (Å²) in [7, 11) is 0. The summed E-state index contributed by atoms with van der Waals surface area (Å²) in [5, 5.41) is 5.11. The van der Waals surface area contributed by atoms with Gasteiger partial charge in [0.15, 0.2) is 5.15 Å². The van der Waals surface area contributed by atoms with Crippen LogP contribution in [0.3, 0.4) is 0 Å². The molecule has 114 valence electrons. The molecule has 1 aromatic rings. The number of aryl methyl sites for hydroxylation is 1. The van der Waals surface area contributed by atoms with Crippen LogP contribution in [-0.2, 0) is 13.0 Å². The lowest BCUT2D eigenvalue weighted by atomic mass is 10.2. The van der Waals surface area contributed by atoms with Crippen molar-refractivity contribution in [2.75, 3.05) is 5.75 Å². The Hall–Kier alpha value is -0.190. The molecule has 0 amide bonds. The van der Waals surface area contributed by atoms with Crippen molar-refractivity contribution < 1.29 is 0 Å². The second kappa shape index (κ2) is 8.30. The molecule has 1 heterocycles. The number of aromatic amines is 1. The zero-order valence-corrected chi connectivity index (χ0v) is 14.1. The van der Waals surface area contributed by atoms with Gasteiger partial charge in [-0.25, -0.2) is 4.98 Å². The van der Waals surface area contributed by atoms with Crippen LogP contribution in [0.25, 0.3) is 0 Å². The van der Waals surface area contributed by atoms with Gasteiger partial charge in [0.1, 0.15) is 5.82 Å². The van der Waals surface area contributed by atoms with E-state index >= 15 is 0 Å². The highest BCUT2D eigenvalue weighted by Gasteiger charge is 2.24. The maximum atomic E-state index is 6.20. The first kappa shape index (κ1) is 16.2. The molecular weight excluding hydrogens is 290 g/mol. The van der Waals surface area contributed by atoms with E-state index in [1.807, 2.05) is 0 Å². The summed E-state index contributed by atoms with van der Waals surface area (Å²) < 4.78 is 0. The molecule has 0 aliphatic heterocycles. The van der Waals surface area contributed by atoms with E-state index < -0.39 is 0 Å². The van der Waals surface area contributed by atoms with Crippen molar-refractivity contribution in [3.63, 3.8) is 0 Å². The van der Waals surface area contributed by atoms with Crippen molar-refractivity contribution >= 4 is 23.4 Å². The average Bonchev–Trinajstić information content (AvgIpc) is 3.01. The number of rotatable bonds is 8. The number of hydrogen-bond donors (Lipinski definition) is 2. The number of H-pyrrole nitrogens is 1. The summed E-state index contributed by atoms with van der Waals surface area (Å²) in [6.07, 6.45) is 7.25. The summed E-state index contributed by atoms with van der Waals surface area (Å²) in [4.78, 5) is 7.77. The molecule has 2 N–H and O–H groups in total. The van der Waals surface area contributed by atoms with Crippen molar-refractivity contribution in [1.82, 2.24) is 15.3 Å². The number of halogens is 1. The highest BCUT2D eigenvalue weighted by molar-refractivity contribution is 7.99. The second-order valence-electron chi connectivity index (χ2n) is 5.52. The quantitative estimate of drug-likeness (QED) is 0.756. The minimum atomic E-state index is 0.637. The lowest BCUT2D eigenvalue weighted by Crippen LogP contribution is -2.26. The molecule has 20 heavy (non-hydrogen) atoms. The van der Waals surface area contributed by atoms with E-state index in [0.29, 0.717) is 11.2 Å². The molecule has 0 aromatic carbocycles. The minimum Gasteiger partial charge on any atom is -0.344 e. The number of thioether (sulfide) groups is 1. The van der Waals surface area contributed by atoms with Crippen molar-refractivity contribution in [3.05, 3.63) is 16.7 Å². The largest absolute Gasteiger partial charge is 0.344 e. The van der Waals surface area contributed by atoms with E-state index in [0.717, 1.165) is 36.2 Å². The first-order valence-electron chi connectivity index (χ1n) is 7.81. The van der Waals surface area contributed by atoms with Crippen LogP contribution in [0.1, 0.15) is 57.5 Å². The average molecular weight is 316 g/mol. The predicted octanol–water partition coefficient (Wildman–Crippen LogP) is 4.17. The first-order valence-corrected chi connectivity index (χ1v) is 9.23. The Kier molecular flexibility index (Phi) is 6.72. The van der Waals surface area contributed by atoms with Gasteiger partial charge in [0, 0.05) is 24.3 Å². The van der Waals surface area contributed by atoms with Gasteiger partial charge in [-0.3, -0.25) is 0 Å². The molecule has 2 atom stereocenters. The van der Waals surface area contributed by atoms with Gasteiger partial charge in [0.25, 0.3) is 0 Å². The molecule has 0 spiro atoms. The van der Waals surface area contributed by atoms with Crippen LogP contribution < -0.4 is 5.32 Å². The van der Waals surface area contributed by atoms with E-state index in [1.165, 1.54) is 31.4 Å². The standard InChI is InChI=1S/C15H26ClN3S/c1-3-5-6-14-18-13(15(16)19-14)10-17-11-7-8-12(9-11)20-4-2/h11-12,17H,3-10H2,1-2H3,(H,18,19). The van der Waals surface area contributed by atoms with Crippen LogP contribution in [0.5, 0.6) is 0 Å². The molecule has 5 heteroatoms. The Morgan fingerprint density at radius 2 is 2.25 bits per heavy atom. The molecule has 0 bridgehead atoms. The zero-order chi connectivity index (χ0) is 14.4. The topological polar surface area (TPSA) is 40.7 Å². The summed E-state index contributed by atoms with van der Waals surface area (Å²) in [5.41, 5.74) is 1.05. The number of unbranched alkanes of at least 4 members (excludes halogenated alkanes) is 1. The summed E-state index contributed by atoms with van der Waals surface area (Å²) in [5.74, 6) is 2.25. The van der Waals surface area contributed by atoms with Crippen molar-refractivity contribution in [1.29, 1.82) is 0 Å². The van der Waals surface area contributed by atoms with Crippen LogP contribution in [-0.4, -0.2) is 27.0 Å². The monoisotopic (exact) mass is 315 g/mol. The lowest BCUT2D eigenvalue weighted by molar-refractivity contribution is 0.520. The number of nitrogens with one attached hydrogen (secondary N) is 2. The van der Waals surface area contributed by atoms with Gasteiger partial charge in [-0.2, -0.15) is 11.8 Å². The molecule has 1 aliphatic carbocycles. The fourth-order valence-electron chi connectivity index (χ4n) is 2.78. The van der Waals surface area contributed by atoms with Crippen LogP contribution in [0.4, 0.5) is 0 Å². The van der Waals surface area contributed by atoms with Gasteiger partial charge in [-0.05, 0) is 31.4 Å². The van der Waals surface area contributed by atoms with Crippen molar-refractivity contribution in [3.8, 4) is 0 Å². The van der Waals surface area contributed by atoms with E-state index in [4.69, 9.17) is 11.6 Å². The van der Waals surface area contributed by atoms with Crippen molar-refractivity contribution in [2.24, 2.45) is 0 Å². The fraction of sp³-hybridized carbons (Fsp3) is 0.800. The molecule has 0 radical (unpaired) electrons. The number of imidazole rings is 1. The van der Waals surface area contributed by atoms with E-state index in [9.17, 15) is 0 Å². The van der Waals surface area contributed by atoms with Gasteiger partial charge in [-0.1, -0.05) is 31.9 Å². The number of nitrogens with zero attached hydrogens (tertiary/aromatic N) is 1. The Morgan fingerprint density at radius 3 is 3.00 bits per heavy atom. The van der Waals surface area contributed by atoms with Gasteiger partial charge >= 0.3 is 0 Å². The molecule has 1 fully saturated rings. The highest BCUT2D eigenvalue weighted by atomic mass is 35.5. The number of hydrogen-bond acceptors (Lipinski definition) is 3. The summed E-state index contributed by atoms with van der Waals surface area (Å²) >= 11 is 8.30. The smallest absolute Gasteiger partial charge is 0.151 e. The number of aromatic nitrogens is 2. The Labute approximate surface area is 131 Å². The molecule has 3 nitrogen and oxygen atoms in total. The normalized spacial score (nSPS) is 22.6. The molecule has 0 saturated heterocycles. The van der Waals surface area contributed by atoms with Gasteiger partial charge in [-0.15, -0.1) is 0 Å². The molecular formula is C15H26ClN3S. The third-order valence-electron chi connectivity index (χ3n) is 3.90. The van der Waals surface area contributed by atoms with E-state index in [2.05, 4.69) is 40.9 Å². The third-order valence-corrected chi connectivity index (χ3v) is 5.44. The zero-order valence-electron chi connectivity index (χ0n) is 12.5.